The molecule has 106 valence electrons. The lowest BCUT2D eigenvalue weighted by Crippen LogP contribution is -2.38. The Hall–Kier alpha value is -0.810. The van der Waals surface area contributed by atoms with Gasteiger partial charge in [0.15, 0.2) is 0 Å². The molecule has 0 aromatic carbocycles. The van der Waals surface area contributed by atoms with Gasteiger partial charge in [0.05, 0.1) is 5.69 Å². The molecule has 2 heterocycles. The lowest BCUT2D eigenvalue weighted by Gasteiger charge is -2.33. The zero-order chi connectivity index (χ0) is 13.7. The number of rotatable bonds is 5. The van der Waals surface area contributed by atoms with Crippen LogP contribution in [0.3, 0.4) is 0 Å². The first-order valence-corrected chi connectivity index (χ1v) is 7.85. The number of likely N-dealkylation sites (tertiary alicyclic amines) is 1. The third-order valence-corrected chi connectivity index (χ3v) is 4.17. The maximum Gasteiger partial charge on any atom is 0.149 e. The minimum Gasteiger partial charge on any atom is -0.396 e. The van der Waals surface area contributed by atoms with Crippen molar-refractivity contribution in [2.75, 3.05) is 30.7 Å². The van der Waals surface area contributed by atoms with Crippen molar-refractivity contribution in [3.8, 4) is 0 Å². The molecule has 5 heteroatoms. The van der Waals surface area contributed by atoms with E-state index in [1.807, 2.05) is 6.07 Å². The van der Waals surface area contributed by atoms with E-state index in [1.165, 1.54) is 25.8 Å². The predicted octanol–water partition coefficient (Wildman–Crippen LogP) is 3.10. The number of hydrogen-bond donors (Lipinski definition) is 2. The summed E-state index contributed by atoms with van der Waals surface area (Å²) < 4.78 is 0.915. The molecule has 1 atom stereocenters. The van der Waals surface area contributed by atoms with Crippen molar-refractivity contribution in [1.29, 1.82) is 0 Å². The van der Waals surface area contributed by atoms with E-state index in [-0.39, 0.29) is 0 Å². The minimum absolute atomic E-state index is 0.695. The molecule has 1 saturated heterocycles. The summed E-state index contributed by atoms with van der Waals surface area (Å²) in [5, 5.41) is 3.31. The molecule has 0 saturated carbocycles. The van der Waals surface area contributed by atoms with Crippen LogP contribution in [0.25, 0.3) is 0 Å². The molecular formula is C14H23BrN4. The molecule has 19 heavy (non-hydrogen) atoms. The monoisotopic (exact) mass is 326 g/mol. The van der Waals surface area contributed by atoms with Crippen molar-refractivity contribution in [2.24, 2.45) is 0 Å². The third-order valence-electron chi connectivity index (χ3n) is 3.74. The Kier molecular flexibility index (Phi) is 5.45. The van der Waals surface area contributed by atoms with E-state index in [1.54, 1.807) is 6.20 Å². The maximum atomic E-state index is 5.90. The number of anilines is 2. The fraction of sp³-hybridized carbons (Fsp3) is 0.643. The molecule has 3 N–H and O–H groups in total. The van der Waals surface area contributed by atoms with Crippen molar-refractivity contribution in [3.05, 3.63) is 16.7 Å². The Bertz CT molecular complexity index is 410. The summed E-state index contributed by atoms with van der Waals surface area (Å²) in [5.74, 6) is 0.787. The average Bonchev–Trinajstić information content (AvgIpc) is 2.38. The second-order valence-corrected chi connectivity index (χ2v) is 6.17. The van der Waals surface area contributed by atoms with E-state index < -0.39 is 0 Å². The molecule has 1 aromatic rings. The normalized spacial score (nSPS) is 20.4. The van der Waals surface area contributed by atoms with Gasteiger partial charge in [-0.1, -0.05) is 6.42 Å². The fourth-order valence-electron chi connectivity index (χ4n) is 2.58. The molecule has 0 amide bonds. The largest absolute Gasteiger partial charge is 0.396 e. The van der Waals surface area contributed by atoms with Gasteiger partial charge in [-0.05, 0) is 54.7 Å². The molecular weight excluding hydrogens is 304 g/mol. The number of nitrogens with zero attached hydrogens (tertiary/aromatic N) is 2. The molecule has 1 aliphatic rings. The van der Waals surface area contributed by atoms with Gasteiger partial charge >= 0.3 is 0 Å². The van der Waals surface area contributed by atoms with Crippen LogP contribution in [-0.2, 0) is 0 Å². The number of pyridine rings is 1. The summed E-state index contributed by atoms with van der Waals surface area (Å²) in [6.07, 6.45) is 6.97. The SMILES string of the molecule is CC1CCCCN1CCCNc1ncc(Br)cc1N. The Morgan fingerprint density at radius 1 is 1.53 bits per heavy atom. The Morgan fingerprint density at radius 2 is 2.37 bits per heavy atom. The molecule has 2 rings (SSSR count). The van der Waals surface area contributed by atoms with Crippen LogP contribution in [0.2, 0.25) is 0 Å². The van der Waals surface area contributed by atoms with Crippen molar-refractivity contribution < 1.29 is 0 Å². The van der Waals surface area contributed by atoms with Gasteiger partial charge in [-0.25, -0.2) is 4.98 Å². The number of aromatic nitrogens is 1. The van der Waals surface area contributed by atoms with Crippen molar-refractivity contribution in [1.82, 2.24) is 9.88 Å². The zero-order valence-corrected chi connectivity index (χ0v) is 13.1. The van der Waals surface area contributed by atoms with E-state index in [2.05, 4.69) is 38.1 Å². The number of nitrogens with two attached hydrogens (primary N) is 1. The first-order chi connectivity index (χ1) is 9.16. The van der Waals surface area contributed by atoms with Gasteiger partial charge in [-0.15, -0.1) is 0 Å². The molecule has 4 nitrogen and oxygen atoms in total. The topological polar surface area (TPSA) is 54.2 Å². The fourth-order valence-corrected chi connectivity index (χ4v) is 2.93. The highest BCUT2D eigenvalue weighted by atomic mass is 79.9. The highest BCUT2D eigenvalue weighted by Crippen LogP contribution is 2.20. The second-order valence-electron chi connectivity index (χ2n) is 5.25. The second kappa shape index (κ2) is 7.10. The lowest BCUT2D eigenvalue weighted by molar-refractivity contribution is 0.160. The summed E-state index contributed by atoms with van der Waals surface area (Å²) in [5.41, 5.74) is 6.60. The quantitative estimate of drug-likeness (QED) is 0.816. The van der Waals surface area contributed by atoms with Crippen LogP contribution in [0.5, 0.6) is 0 Å². The summed E-state index contributed by atoms with van der Waals surface area (Å²) in [7, 11) is 0. The summed E-state index contributed by atoms with van der Waals surface area (Å²) in [4.78, 5) is 6.87. The lowest BCUT2D eigenvalue weighted by atomic mass is 10.0. The van der Waals surface area contributed by atoms with Gasteiger partial charge < -0.3 is 16.0 Å². The van der Waals surface area contributed by atoms with Crippen LogP contribution in [0.1, 0.15) is 32.6 Å². The minimum atomic E-state index is 0.695. The molecule has 0 aliphatic carbocycles. The Morgan fingerprint density at radius 3 is 3.11 bits per heavy atom. The van der Waals surface area contributed by atoms with E-state index in [0.29, 0.717) is 5.69 Å². The summed E-state index contributed by atoms with van der Waals surface area (Å²) in [6, 6.07) is 2.62. The van der Waals surface area contributed by atoms with Crippen LogP contribution in [0.15, 0.2) is 16.7 Å². The number of halogens is 1. The molecule has 0 bridgehead atoms. The average molecular weight is 327 g/mol. The Labute approximate surface area is 123 Å². The van der Waals surface area contributed by atoms with E-state index >= 15 is 0 Å². The highest BCUT2D eigenvalue weighted by molar-refractivity contribution is 9.10. The molecule has 0 spiro atoms. The Balaban J connectivity index is 1.71. The van der Waals surface area contributed by atoms with Crippen LogP contribution in [-0.4, -0.2) is 35.6 Å². The first kappa shape index (κ1) is 14.6. The van der Waals surface area contributed by atoms with Gasteiger partial charge in [0.1, 0.15) is 5.82 Å². The third kappa shape index (κ3) is 4.35. The first-order valence-electron chi connectivity index (χ1n) is 7.06. The van der Waals surface area contributed by atoms with Crippen molar-refractivity contribution in [2.45, 2.75) is 38.6 Å². The van der Waals surface area contributed by atoms with Gasteiger partial charge in [0, 0.05) is 29.8 Å². The number of piperidine rings is 1. The van der Waals surface area contributed by atoms with Crippen LogP contribution >= 0.6 is 15.9 Å². The molecule has 1 aromatic heterocycles. The van der Waals surface area contributed by atoms with Gasteiger partial charge in [0.2, 0.25) is 0 Å². The number of nitrogen functional groups attached to an aromatic ring is 1. The van der Waals surface area contributed by atoms with Gasteiger partial charge in [-0.3, -0.25) is 0 Å². The van der Waals surface area contributed by atoms with E-state index in [9.17, 15) is 0 Å². The zero-order valence-electron chi connectivity index (χ0n) is 11.5. The summed E-state index contributed by atoms with van der Waals surface area (Å²) in [6.45, 7) is 5.66. The predicted molar refractivity (Wildman–Crippen MR) is 84.3 cm³/mol. The van der Waals surface area contributed by atoms with Crippen molar-refractivity contribution in [3.63, 3.8) is 0 Å². The smallest absolute Gasteiger partial charge is 0.149 e. The number of hydrogen-bond acceptors (Lipinski definition) is 4. The van der Waals surface area contributed by atoms with Gasteiger partial charge in [0.25, 0.3) is 0 Å². The van der Waals surface area contributed by atoms with Crippen LogP contribution in [0, 0.1) is 0 Å². The van der Waals surface area contributed by atoms with E-state index in [0.717, 1.165) is 35.8 Å². The maximum absolute atomic E-state index is 5.90. The van der Waals surface area contributed by atoms with Gasteiger partial charge in [-0.2, -0.15) is 0 Å². The molecule has 1 fully saturated rings. The highest BCUT2D eigenvalue weighted by Gasteiger charge is 2.17. The molecule has 1 aliphatic heterocycles. The number of nitrogens with one attached hydrogen (secondary N) is 1. The van der Waals surface area contributed by atoms with E-state index in [4.69, 9.17) is 5.73 Å². The standard InChI is InChI=1S/C14H23BrN4/c1-11-5-2-3-7-19(11)8-4-6-17-14-13(16)9-12(15)10-18-14/h9-11H,2-8,16H2,1H3,(H,17,18). The van der Waals surface area contributed by atoms with Crippen LogP contribution < -0.4 is 11.1 Å². The van der Waals surface area contributed by atoms with Crippen molar-refractivity contribution >= 4 is 27.4 Å². The molecule has 0 radical (unpaired) electrons. The van der Waals surface area contributed by atoms with Crippen LogP contribution in [0.4, 0.5) is 11.5 Å². The molecule has 1 unspecified atom stereocenters. The summed E-state index contributed by atoms with van der Waals surface area (Å²) >= 11 is 3.36.